The van der Waals surface area contributed by atoms with Gasteiger partial charge in [0.25, 0.3) is 5.91 Å². The Hall–Kier alpha value is -7.08. The maximum absolute atomic E-state index is 14.6. The number of primary amides is 1. The number of amides is 5. The van der Waals surface area contributed by atoms with E-state index in [1.807, 2.05) is 63.2 Å². The van der Waals surface area contributed by atoms with E-state index in [0.717, 1.165) is 36.6 Å². The standard InChI is InChI=1S/C58H77N7O11/c1-56(2,3)64-53(70)47-31-39-20-13-14-21-40(39)33-65(47)34-48(74-50(67)35-73-41-26-23-37(24-27-41)30-46(54(71)75-57(4,5)6)63-55(72)76-58(7,8)9)44(29-36-17-11-10-12-18-36)61-52(69)45(32-49(59)66)62-51(68)43-28-25-38-19-15-16-22-42(38)60-43/h10-12,15-19,22-28,39-40,44-48H,13-14,20-21,29-35H2,1-9H3,(H2,59,66)(H,61,69)(H,62,68)(H,63,72)(H,64,70)/t39-,40+,44-,45-,46-,47-,48+/m0/s1. The molecule has 1 aliphatic carbocycles. The molecule has 1 saturated heterocycles. The van der Waals surface area contributed by atoms with Crippen LogP contribution in [0.25, 0.3) is 10.9 Å². The Morgan fingerprint density at radius 3 is 2.01 bits per heavy atom. The van der Waals surface area contributed by atoms with Gasteiger partial charge in [0.15, 0.2) is 6.61 Å². The number of para-hydroxylation sites is 1. The van der Waals surface area contributed by atoms with E-state index in [1.165, 1.54) is 6.07 Å². The highest BCUT2D eigenvalue weighted by Crippen LogP contribution is 2.39. The van der Waals surface area contributed by atoms with Crippen molar-refractivity contribution < 1.29 is 52.5 Å². The lowest BCUT2D eigenvalue weighted by molar-refractivity contribution is -0.158. The van der Waals surface area contributed by atoms with Crippen molar-refractivity contribution in [2.24, 2.45) is 17.6 Å². The summed E-state index contributed by atoms with van der Waals surface area (Å²) in [5, 5.41) is 12.3. The number of aromatic nitrogens is 1. The molecule has 6 rings (SSSR count). The third kappa shape index (κ3) is 18.3. The van der Waals surface area contributed by atoms with Crippen LogP contribution in [0.15, 0.2) is 91.0 Å². The van der Waals surface area contributed by atoms with E-state index in [1.54, 1.807) is 84.0 Å². The minimum Gasteiger partial charge on any atom is -0.482 e. The third-order valence-corrected chi connectivity index (χ3v) is 13.0. The van der Waals surface area contributed by atoms with E-state index in [4.69, 9.17) is 24.7 Å². The molecule has 0 bridgehead atoms. The molecule has 18 nitrogen and oxygen atoms in total. The van der Waals surface area contributed by atoms with Gasteiger partial charge in [0.1, 0.15) is 40.8 Å². The van der Waals surface area contributed by atoms with Crippen molar-refractivity contribution in [3.8, 4) is 5.75 Å². The van der Waals surface area contributed by atoms with Crippen LogP contribution in [0.5, 0.6) is 5.75 Å². The highest BCUT2D eigenvalue weighted by Gasteiger charge is 2.43. The molecule has 0 radical (unpaired) electrons. The number of piperidine rings is 1. The lowest BCUT2D eigenvalue weighted by Gasteiger charge is -2.47. The summed E-state index contributed by atoms with van der Waals surface area (Å²) in [5.74, 6) is -2.95. The summed E-state index contributed by atoms with van der Waals surface area (Å²) in [6.45, 7) is 16.1. The molecule has 5 amide bonds. The zero-order valence-corrected chi connectivity index (χ0v) is 45.4. The number of rotatable bonds is 20. The molecule has 0 spiro atoms. The van der Waals surface area contributed by atoms with Crippen molar-refractivity contribution in [1.29, 1.82) is 0 Å². The number of ether oxygens (including phenoxy) is 4. The Balaban J connectivity index is 1.27. The Labute approximate surface area is 446 Å². The van der Waals surface area contributed by atoms with Crippen LogP contribution >= 0.6 is 0 Å². The van der Waals surface area contributed by atoms with Crippen molar-refractivity contribution in [1.82, 2.24) is 31.2 Å². The first-order valence-corrected chi connectivity index (χ1v) is 26.3. The number of alkyl carbamates (subject to hydrolysis) is 1. The predicted molar refractivity (Wildman–Crippen MR) is 287 cm³/mol. The summed E-state index contributed by atoms with van der Waals surface area (Å²) >= 11 is 0. The average molecular weight is 1050 g/mol. The fraction of sp³-hybridized carbons (Fsp3) is 0.517. The molecular formula is C58H77N7O11. The number of benzene rings is 3. The summed E-state index contributed by atoms with van der Waals surface area (Å²) in [4.78, 5) is 102. The van der Waals surface area contributed by atoms with Gasteiger partial charge in [-0.05, 0) is 129 Å². The van der Waals surface area contributed by atoms with Crippen molar-refractivity contribution in [2.45, 2.75) is 161 Å². The first-order valence-electron chi connectivity index (χ1n) is 26.3. The SMILES string of the molecule is CC(C)(C)NC(=O)[C@@H]1C[C@@H]2CCCC[C@@H]2CN1C[C@@H](OC(=O)COc1ccc(C[C@H](NC(=O)OC(C)(C)C)C(=O)OC(C)(C)C)cc1)[C@H](Cc1ccccc1)NC(=O)[C@H](CC(N)=O)NC(=O)c1ccc2ccccc2n1. The van der Waals surface area contributed by atoms with Crippen LogP contribution in [0, 0.1) is 11.8 Å². The molecule has 76 heavy (non-hydrogen) atoms. The highest BCUT2D eigenvalue weighted by molar-refractivity contribution is 5.99. The fourth-order valence-electron chi connectivity index (χ4n) is 9.69. The van der Waals surface area contributed by atoms with Crippen LogP contribution in [-0.2, 0) is 51.0 Å². The first-order chi connectivity index (χ1) is 35.8. The minimum absolute atomic E-state index is 0.0224. The van der Waals surface area contributed by atoms with Gasteiger partial charge in [-0.2, -0.15) is 0 Å². The van der Waals surface area contributed by atoms with Gasteiger partial charge in [-0.3, -0.25) is 24.1 Å². The number of fused-ring (bicyclic) bond motifs is 2. The van der Waals surface area contributed by atoms with Crippen LogP contribution < -0.4 is 31.7 Å². The molecule has 2 heterocycles. The second-order valence-corrected chi connectivity index (χ2v) is 23.0. The Morgan fingerprint density at radius 2 is 1.36 bits per heavy atom. The topological polar surface area (TPSA) is 247 Å². The molecular weight excluding hydrogens is 971 g/mol. The zero-order chi connectivity index (χ0) is 55.4. The van der Waals surface area contributed by atoms with Crippen LogP contribution in [0.1, 0.15) is 122 Å². The fourth-order valence-corrected chi connectivity index (χ4v) is 9.69. The number of nitrogens with zero attached hydrogens (tertiary/aromatic N) is 2. The summed E-state index contributed by atoms with van der Waals surface area (Å²) in [6, 6.07) is 22.3. The smallest absolute Gasteiger partial charge is 0.408 e. The van der Waals surface area contributed by atoms with Crippen molar-refractivity contribution in [2.75, 3.05) is 19.7 Å². The monoisotopic (exact) mass is 1050 g/mol. The van der Waals surface area contributed by atoms with Gasteiger partial charge in [0.05, 0.1) is 24.0 Å². The van der Waals surface area contributed by atoms with Gasteiger partial charge < -0.3 is 45.9 Å². The molecule has 6 N–H and O–H groups in total. The maximum atomic E-state index is 14.6. The predicted octanol–water partition coefficient (Wildman–Crippen LogP) is 6.50. The lowest BCUT2D eigenvalue weighted by Crippen LogP contribution is -2.61. The molecule has 1 saturated carbocycles. The summed E-state index contributed by atoms with van der Waals surface area (Å²) < 4.78 is 23.4. The summed E-state index contributed by atoms with van der Waals surface area (Å²) in [6.07, 6.45) is 2.51. The quantitative estimate of drug-likeness (QED) is 0.0469. The first kappa shape index (κ1) is 58.2. The molecule has 410 valence electrons. The van der Waals surface area contributed by atoms with Crippen molar-refractivity contribution in [3.05, 3.63) is 108 Å². The summed E-state index contributed by atoms with van der Waals surface area (Å²) in [5.41, 5.74) is 5.55. The van der Waals surface area contributed by atoms with E-state index in [2.05, 4.69) is 31.2 Å². The molecule has 4 aromatic rings. The van der Waals surface area contributed by atoms with Gasteiger partial charge >= 0.3 is 18.0 Å². The number of hydrogen-bond acceptors (Lipinski definition) is 13. The Morgan fingerprint density at radius 1 is 0.711 bits per heavy atom. The van der Waals surface area contributed by atoms with Gasteiger partial charge in [-0.1, -0.05) is 86.0 Å². The van der Waals surface area contributed by atoms with E-state index in [-0.39, 0.29) is 31.0 Å². The molecule has 2 fully saturated rings. The molecule has 7 atom stereocenters. The number of nitrogens with one attached hydrogen (secondary N) is 4. The van der Waals surface area contributed by atoms with Crippen LogP contribution in [0.3, 0.4) is 0 Å². The largest absolute Gasteiger partial charge is 0.482 e. The number of likely N-dealkylation sites (tertiary alicyclic amines) is 1. The maximum Gasteiger partial charge on any atom is 0.408 e. The zero-order valence-electron chi connectivity index (χ0n) is 45.4. The molecule has 1 aromatic heterocycles. The average Bonchev–Trinajstić information content (AvgIpc) is 3.33. The normalized spacial score (nSPS) is 18.6. The lowest BCUT2D eigenvalue weighted by atomic mass is 9.72. The van der Waals surface area contributed by atoms with Gasteiger partial charge in [-0.25, -0.2) is 19.4 Å². The van der Waals surface area contributed by atoms with Crippen molar-refractivity contribution in [3.63, 3.8) is 0 Å². The Kier molecular flexibility index (Phi) is 19.6. The molecule has 1 aliphatic heterocycles. The minimum atomic E-state index is -1.45. The summed E-state index contributed by atoms with van der Waals surface area (Å²) in [7, 11) is 0. The molecule has 18 heteroatoms. The second-order valence-electron chi connectivity index (χ2n) is 23.0. The van der Waals surface area contributed by atoms with Crippen molar-refractivity contribution >= 4 is 52.6 Å². The number of esters is 2. The third-order valence-electron chi connectivity index (χ3n) is 13.0. The van der Waals surface area contributed by atoms with E-state index >= 15 is 0 Å². The van der Waals surface area contributed by atoms with E-state index in [0.29, 0.717) is 41.6 Å². The van der Waals surface area contributed by atoms with Gasteiger partial charge in [-0.15, -0.1) is 0 Å². The van der Waals surface area contributed by atoms with Gasteiger partial charge in [0, 0.05) is 30.4 Å². The number of hydrogen-bond donors (Lipinski definition) is 5. The van der Waals surface area contributed by atoms with Gasteiger partial charge in [0.2, 0.25) is 17.7 Å². The molecule has 2 aliphatic rings. The molecule has 0 unspecified atom stereocenters. The number of pyridine rings is 1. The highest BCUT2D eigenvalue weighted by atomic mass is 16.6. The van der Waals surface area contributed by atoms with Crippen LogP contribution in [0.4, 0.5) is 4.79 Å². The molecule has 3 aromatic carbocycles. The number of carbonyl (C=O) groups is 7. The van der Waals surface area contributed by atoms with E-state index < -0.39 is 95.8 Å². The number of carbonyl (C=O) groups excluding carboxylic acids is 7. The Bertz CT molecular complexity index is 2660. The second kappa shape index (κ2) is 25.6. The van der Waals surface area contributed by atoms with Crippen LogP contribution in [-0.4, -0.2) is 118 Å². The van der Waals surface area contributed by atoms with E-state index in [9.17, 15) is 33.6 Å². The van der Waals surface area contributed by atoms with Crippen LogP contribution in [0.2, 0.25) is 0 Å². The number of nitrogens with two attached hydrogens (primary N) is 1.